The predicted octanol–water partition coefficient (Wildman–Crippen LogP) is 6.65. The van der Waals surface area contributed by atoms with Crippen molar-refractivity contribution in [2.24, 2.45) is 5.41 Å². The van der Waals surface area contributed by atoms with Crippen LogP contribution in [0.2, 0.25) is 0 Å². The molecule has 9 nitrogen and oxygen atoms in total. The number of hydrogen-bond donors (Lipinski definition) is 2. The number of rotatable bonds is 10. The number of hydrogen-bond acceptors (Lipinski definition) is 6. The summed E-state index contributed by atoms with van der Waals surface area (Å²) in [6.45, 7) is 6.10. The minimum Gasteiger partial charge on any atom is -0.481 e. The van der Waals surface area contributed by atoms with Crippen LogP contribution in [0.1, 0.15) is 99.0 Å². The second-order valence-corrected chi connectivity index (χ2v) is 13.3. The average molecular weight is 598 g/mol. The molecule has 3 aromatic rings. The van der Waals surface area contributed by atoms with E-state index in [1.807, 2.05) is 51.1 Å². The number of furan rings is 1. The van der Waals surface area contributed by atoms with Gasteiger partial charge in [0.05, 0.1) is 22.6 Å². The largest absolute Gasteiger partial charge is 0.481 e. The SMILES string of the molecule is CC.CNC(=O)c1c(-c2ccc(C)cc2)oc2nc(N(CCCC3(C(=O)O)CCCC3)S(C)(=O)=O)c(C3CCC3)cc12. The number of nitrogens with zero attached hydrogens (tertiary/aromatic N) is 2. The predicted molar refractivity (Wildman–Crippen MR) is 165 cm³/mol. The molecule has 2 aromatic heterocycles. The van der Waals surface area contributed by atoms with Gasteiger partial charge in [-0.25, -0.2) is 8.42 Å². The Morgan fingerprint density at radius 2 is 1.76 bits per heavy atom. The Bertz CT molecular complexity index is 1530. The molecule has 1 amide bonds. The summed E-state index contributed by atoms with van der Waals surface area (Å²) in [5, 5.41) is 13.1. The number of nitrogens with one attached hydrogen (secondary N) is 1. The molecule has 0 aliphatic heterocycles. The van der Waals surface area contributed by atoms with Gasteiger partial charge in [-0.3, -0.25) is 13.9 Å². The lowest BCUT2D eigenvalue weighted by Gasteiger charge is -2.32. The minimum absolute atomic E-state index is 0.117. The van der Waals surface area contributed by atoms with Crippen molar-refractivity contribution in [1.29, 1.82) is 0 Å². The molecule has 2 saturated carbocycles. The Morgan fingerprint density at radius 3 is 2.29 bits per heavy atom. The molecule has 1 aromatic carbocycles. The summed E-state index contributed by atoms with van der Waals surface area (Å²) >= 11 is 0. The number of fused-ring (bicyclic) bond motifs is 1. The van der Waals surface area contributed by atoms with Crippen molar-refractivity contribution in [3.8, 4) is 11.3 Å². The number of sulfonamides is 1. The molecule has 2 N–H and O–H groups in total. The monoisotopic (exact) mass is 597 g/mol. The van der Waals surface area contributed by atoms with E-state index in [-0.39, 0.29) is 24.1 Å². The maximum absolute atomic E-state index is 13.1. The molecule has 0 atom stereocenters. The number of pyridine rings is 1. The summed E-state index contributed by atoms with van der Waals surface area (Å²) in [5.41, 5.74) is 2.35. The van der Waals surface area contributed by atoms with Crippen molar-refractivity contribution >= 4 is 38.8 Å². The highest BCUT2D eigenvalue weighted by Crippen LogP contribution is 2.45. The number of carbonyl (C=O) groups excluding carboxylic acids is 1. The van der Waals surface area contributed by atoms with Crippen molar-refractivity contribution in [3.63, 3.8) is 0 Å². The van der Waals surface area contributed by atoms with Gasteiger partial charge in [0.25, 0.3) is 5.91 Å². The van der Waals surface area contributed by atoms with Crippen LogP contribution < -0.4 is 9.62 Å². The fraction of sp³-hybridized carbons (Fsp3) is 0.531. The number of benzene rings is 1. The van der Waals surface area contributed by atoms with Crippen LogP contribution in [0, 0.1) is 12.3 Å². The van der Waals surface area contributed by atoms with Gasteiger partial charge < -0.3 is 14.8 Å². The van der Waals surface area contributed by atoms with E-state index >= 15 is 0 Å². The molecule has 2 fully saturated rings. The van der Waals surface area contributed by atoms with Gasteiger partial charge in [-0.15, -0.1) is 0 Å². The smallest absolute Gasteiger partial charge is 0.309 e. The zero-order chi connectivity index (χ0) is 30.7. The van der Waals surface area contributed by atoms with E-state index in [0.29, 0.717) is 48.2 Å². The number of carboxylic acid groups (broad SMARTS) is 1. The molecular formula is C32H43N3O6S. The number of anilines is 1. The van der Waals surface area contributed by atoms with Gasteiger partial charge >= 0.3 is 5.97 Å². The van der Waals surface area contributed by atoms with Gasteiger partial charge in [0.2, 0.25) is 15.7 Å². The first-order chi connectivity index (χ1) is 20.0. The Morgan fingerprint density at radius 1 is 1.12 bits per heavy atom. The zero-order valence-corrected chi connectivity index (χ0v) is 26.1. The van der Waals surface area contributed by atoms with Gasteiger partial charge in [-0.05, 0) is 63.0 Å². The first kappa shape index (κ1) is 31.5. The Kier molecular flexibility index (Phi) is 9.65. The summed E-state index contributed by atoms with van der Waals surface area (Å²) in [6.07, 6.45) is 7.80. The molecule has 0 radical (unpaired) electrons. The van der Waals surface area contributed by atoms with Gasteiger partial charge in [0.1, 0.15) is 11.6 Å². The topological polar surface area (TPSA) is 130 Å². The minimum atomic E-state index is -3.74. The lowest BCUT2D eigenvalue weighted by Crippen LogP contribution is -2.35. The molecular weight excluding hydrogens is 554 g/mol. The number of aromatic nitrogens is 1. The molecule has 2 aliphatic carbocycles. The van der Waals surface area contributed by atoms with Crippen LogP contribution in [0.3, 0.4) is 0 Å². The van der Waals surface area contributed by atoms with Crippen LogP contribution >= 0.6 is 0 Å². The highest BCUT2D eigenvalue weighted by atomic mass is 32.2. The molecule has 0 spiro atoms. The fourth-order valence-corrected chi connectivity index (χ4v) is 7.04. The summed E-state index contributed by atoms with van der Waals surface area (Å²) < 4.78 is 33.8. The summed E-state index contributed by atoms with van der Waals surface area (Å²) in [5.74, 6) is -0.297. The lowest BCUT2D eigenvalue weighted by atomic mass is 9.79. The van der Waals surface area contributed by atoms with E-state index in [2.05, 4.69) is 5.32 Å². The zero-order valence-electron chi connectivity index (χ0n) is 25.3. The number of carboxylic acids is 1. The quantitative estimate of drug-likeness (QED) is 0.268. The summed E-state index contributed by atoms with van der Waals surface area (Å²) in [4.78, 5) is 29.9. The van der Waals surface area contributed by atoms with Crippen molar-refractivity contribution in [1.82, 2.24) is 10.3 Å². The van der Waals surface area contributed by atoms with Gasteiger partial charge in [-0.2, -0.15) is 4.98 Å². The molecule has 2 heterocycles. The van der Waals surface area contributed by atoms with Crippen molar-refractivity contribution in [3.05, 3.63) is 47.0 Å². The van der Waals surface area contributed by atoms with Gasteiger partial charge in [0, 0.05) is 19.2 Å². The van der Waals surface area contributed by atoms with Crippen molar-refractivity contribution < 1.29 is 27.5 Å². The van der Waals surface area contributed by atoms with Crippen LogP contribution in [-0.4, -0.2) is 50.2 Å². The lowest BCUT2D eigenvalue weighted by molar-refractivity contribution is -0.149. The molecule has 0 bridgehead atoms. The number of amides is 1. The first-order valence-corrected chi connectivity index (χ1v) is 16.9. The van der Waals surface area contributed by atoms with E-state index in [0.717, 1.165) is 55.1 Å². The van der Waals surface area contributed by atoms with E-state index in [4.69, 9.17) is 9.40 Å². The van der Waals surface area contributed by atoms with E-state index < -0.39 is 21.4 Å². The van der Waals surface area contributed by atoms with Crippen LogP contribution in [0.25, 0.3) is 22.4 Å². The Balaban J connectivity index is 0.00000198. The van der Waals surface area contributed by atoms with Crippen LogP contribution in [0.15, 0.2) is 34.7 Å². The molecule has 0 saturated heterocycles. The van der Waals surface area contributed by atoms with E-state index in [1.165, 1.54) is 4.31 Å². The summed E-state index contributed by atoms with van der Waals surface area (Å²) in [6, 6.07) is 9.53. The molecule has 2 aliphatic rings. The maximum atomic E-state index is 13.1. The molecule has 10 heteroatoms. The number of aliphatic carboxylic acids is 1. The fourth-order valence-electron chi connectivity index (χ4n) is 6.12. The number of carbonyl (C=O) groups is 2. The van der Waals surface area contributed by atoms with Crippen LogP contribution in [-0.2, 0) is 14.8 Å². The second-order valence-electron chi connectivity index (χ2n) is 11.4. The first-order valence-electron chi connectivity index (χ1n) is 15.0. The van der Waals surface area contributed by atoms with Gasteiger partial charge in [-0.1, -0.05) is 62.9 Å². The molecule has 5 rings (SSSR count). The highest BCUT2D eigenvalue weighted by Gasteiger charge is 2.41. The third kappa shape index (κ3) is 6.19. The second kappa shape index (κ2) is 12.9. The Labute approximate surface area is 248 Å². The average Bonchev–Trinajstić information content (AvgIpc) is 3.56. The molecule has 42 heavy (non-hydrogen) atoms. The van der Waals surface area contributed by atoms with Crippen LogP contribution in [0.4, 0.5) is 5.82 Å². The molecule has 228 valence electrons. The molecule has 0 unspecified atom stereocenters. The number of aryl methyl sites for hydroxylation is 1. The van der Waals surface area contributed by atoms with Gasteiger partial charge in [0.15, 0.2) is 0 Å². The maximum Gasteiger partial charge on any atom is 0.309 e. The van der Waals surface area contributed by atoms with E-state index in [1.54, 1.807) is 7.05 Å². The normalized spacial score (nSPS) is 16.4. The standard InChI is InChI=1S/C30H37N3O6S.C2H6/c1-19-10-12-21(13-11-19)25-24(27(34)31-2)23-18-22(20-8-6-9-20)26(32-28(23)39-25)33(40(3,37)38)17-7-16-30(29(35)36)14-4-5-15-30;1-2/h10-13,18,20H,4-9,14-17H2,1-3H3,(H,31,34)(H,35,36);1-2H3. The highest BCUT2D eigenvalue weighted by molar-refractivity contribution is 7.92. The van der Waals surface area contributed by atoms with Crippen molar-refractivity contribution in [2.75, 3.05) is 24.2 Å². The van der Waals surface area contributed by atoms with Crippen LogP contribution in [0.5, 0.6) is 0 Å². The Hall–Kier alpha value is -3.40. The summed E-state index contributed by atoms with van der Waals surface area (Å²) in [7, 11) is -2.18. The van der Waals surface area contributed by atoms with E-state index in [9.17, 15) is 23.1 Å². The van der Waals surface area contributed by atoms with Crippen molar-refractivity contribution in [2.45, 2.75) is 84.5 Å². The third-order valence-electron chi connectivity index (χ3n) is 8.67. The third-order valence-corrected chi connectivity index (χ3v) is 9.83.